The molecule has 2 rings (SSSR count). The average molecular weight is 280 g/mol. The Morgan fingerprint density at radius 2 is 2.15 bits per heavy atom. The van der Waals surface area contributed by atoms with Crippen molar-refractivity contribution < 1.29 is 14.7 Å². The van der Waals surface area contributed by atoms with Crippen LogP contribution in [0.1, 0.15) is 32.6 Å². The SMILES string of the molecule is CCn1cc(NC(=O)NCC2(C(=O)O)CCCC2)cn1. The summed E-state index contributed by atoms with van der Waals surface area (Å²) in [5, 5.41) is 18.7. The minimum absolute atomic E-state index is 0.163. The summed E-state index contributed by atoms with van der Waals surface area (Å²) in [5.41, 5.74) is -0.203. The Morgan fingerprint density at radius 3 is 2.70 bits per heavy atom. The predicted octanol–water partition coefficient (Wildman–Crippen LogP) is 1.67. The van der Waals surface area contributed by atoms with Crippen LogP contribution in [0.25, 0.3) is 0 Å². The van der Waals surface area contributed by atoms with E-state index in [0.717, 1.165) is 19.4 Å². The minimum Gasteiger partial charge on any atom is -0.481 e. The number of hydrogen-bond donors (Lipinski definition) is 3. The third-order valence-corrected chi connectivity index (χ3v) is 3.82. The summed E-state index contributed by atoms with van der Waals surface area (Å²) >= 11 is 0. The van der Waals surface area contributed by atoms with E-state index in [-0.39, 0.29) is 6.54 Å². The Hall–Kier alpha value is -2.05. The Bertz CT molecular complexity index is 492. The molecule has 1 saturated carbocycles. The third-order valence-electron chi connectivity index (χ3n) is 3.82. The highest BCUT2D eigenvalue weighted by Gasteiger charge is 2.41. The van der Waals surface area contributed by atoms with Crippen LogP contribution >= 0.6 is 0 Å². The second kappa shape index (κ2) is 5.94. The number of nitrogens with one attached hydrogen (secondary N) is 2. The van der Waals surface area contributed by atoms with Crippen LogP contribution in [0.15, 0.2) is 12.4 Å². The molecule has 20 heavy (non-hydrogen) atoms. The topological polar surface area (TPSA) is 96.2 Å². The Morgan fingerprint density at radius 1 is 1.45 bits per heavy atom. The molecule has 2 amide bonds. The first-order valence-corrected chi connectivity index (χ1v) is 6.86. The number of amides is 2. The van der Waals surface area contributed by atoms with Gasteiger partial charge >= 0.3 is 12.0 Å². The van der Waals surface area contributed by atoms with Crippen molar-refractivity contribution >= 4 is 17.7 Å². The summed E-state index contributed by atoms with van der Waals surface area (Å²) in [6.45, 7) is 2.84. The number of anilines is 1. The number of aromatic nitrogens is 2. The van der Waals surface area contributed by atoms with Gasteiger partial charge in [0.05, 0.1) is 17.3 Å². The molecule has 0 bridgehead atoms. The lowest BCUT2D eigenvalue weighted by Gasteiger charge is -2.23. The molecular formula is C13H20N4O3. The van der Waals surface area contributed by atoms with Crippen LogP contribution < -0.4 is 10.6 Å². The number of urea groups is 1. The Labute approximate surface area is 117 Å². The molecule has 0 aliphatic heterocycles. The first kappa shape index (κ1) is 14.4. The van der Waals surface area contributed by atoms with Crippen LogP contribution in [0.2, 0.25) is 0 Å². The van der Waals surface area contributed by atoms with E-state index in [0.29, 0.717) is 18.5 Å². The molecule has 3 N–H and O–H groups in total. The lowest BCUT2D eigenvalue weighted by Crippen LogP contribution is -2.42. The number of carboxylic acid groups (broad SMARTS) is 1. The molecule has 0 aromatic carbocycles. The first-order chi connectivity index (χ1) is 9.55. The molecule has 7 nitrogen and oxygen atoms in total. The molecule has 110 valence electrons. The second-order valence-corrected chi connectivity index (χ2v) is 5.18. The monoisotopic (exact) mass is 280 g/mol. The molecule has 1 heterocycles. The number of carbonyl (C=O) groups excluding carboxylic acids is 1. The predicted molar refractivity (Wildman–Crippen MR) is 73.5 cm³/mol. The van der Waals surface area contributed by atoms with Gasteiger partial charge in [-0.1, -0.05) is 12.8 Å². The molecular weight excluding hydrogens is 260 g/mol. The maximum absolute atomic E-state index is 11.8. The molecule has 1 aliphatic carbocycles. The van der Waals surface area contributed by atoms with Crippen LogP contribution in [0, 0.1) is 5.41 Å². The van der Waals surface area contributed by atoms with Crippen LogP contribution in [-0.4, -0.2) is 33.4 Å². The fraction of sp³-hybridized carbons (Fsp3) is 0.615. The van der Waals surface area contributed by atoms with E-state index in [1.807, 2.05) is 6.92 Å². The fourth-order valence-electron chi connectivity index (χ4n) is 2.54. The van der Waals surface area contributed by atoms with Crippen molar-refractivity contribution in [3.63, 3.8) is 0 Å². The van der Waals surface area contributed by atoms with Crippen molar-refractivity contribution in [1.29, 1.82) is 0 Å². The van der Waals surface area contributed by atoms with Gasteiger partial charge in [-0.25, -0.2) is 4.79 Å². The summed E-state index contributed by atoms with van der Waals surface area (Å²) in [6, 6.07) is -0.395. The van der Waals surface area contributed by atoms with Crippen LogP contribution in [0.4, 0.5) is 10.5 Å². The van der Waals surface area contributed by atoms with Gasteiger partial charge in [-0.3, -0.25) is 9.48 Å². The zero-order valence-corrected chi connectivity index (χ0v) is 11.6. The van der Waals surface area contributed by atoms with E-state index in [1.165, 1.54) is 0 Å². The van der Waals surface area contributed by atoms with Crippen molar-refractivity contribution in [2.24, 2.45) is 5.41 Å². The number of carbonyl (C=O) groups is 2. The van der Waals surface area contributed by atoms with Crippen molar-refractivity contribution in [3.05, 3.63) is 12.4 Å². The fourth-order valence-corrected chi connectivity index (χ4v) is 2.54. The van der Waals surface area contributed by atoms with Gasteiger partial charge in [0.25, 0.3) is 0 Å². The second-order valence-electron chi connectivity index (χ2n) is 5.18. The molecule has 0 atom stereocenters. The van der Waals surface area contributed by atoms with Crippen molar-refractivity contribution in [2.75, 3.05) is 11.9 Å². The summed E-state index contributed by atoms with van der Waals surface area (Å²) in [5.74, 6) is -0.825. The van der Waals surface area contributed by atoms with Crippen LogP contribution in [-0.2, 0) is 11.3 Å². The lowest BCUT2D eigenvalue weighted by molar-refractivity contribution is -0.148. The zero-order chi connectivity index (χ0) is 14.6. The summed E-state index contributed by atoms with van der Waals surface area (Å²) < 4.78 is 1.70. The van der Waals surface area contributed by atoms with Gasteiger partial charge in [-0.2, -0.15) is 5.10 Å². The number of rotatable bonds is 5. The van der Waals surface area contributed by atoms with Crippen LogP contribution in [0.5, 0.6) is 0 Å². The minimum atomic E-state index is -0.825. The maximum Gasteiger partial charge on any atom is 0.319 e. The highest BCUT2D eigenvalue weighted by atomic mass is 16.4. The van der Waals surface area contributed by atoms with E-state index in [9.17, 15) is 14.7 Å². The van der Waals surface area contributed by atoms with Gasteiger partial charge in [0, 0.05) is 19.3 Å². The van der Waals surface area contributed by atoms with E-state index >= 15 is 0 Å². The molecule has 0 unspecified atom stereocenters. The van der Waals surface area contributed by atoms with Gasteiger partial charge in [0.15, 0.2) is 0 Å². The normalized spacial score (nSPS) is 16.9. The van der Waals surface area contributed by atoms with Gasteiger partial charge in [0.1, 0.15) is 0 Å². The Kier molecular flexibility index (Phi) is 4.26. The number of carboxylic acids is 1. The molecule has 0 saturated heterocycles. The standard InChI is InChI=1S/C13H20N4O3/c1-2-17-8-10(7-15-17)16-12(20)14-9-13(11(18)19)5-3-4-6-13/h7-8H,2-6,9H2,1H3,(H,18,19)(H2,14,16,20). The number of hydrogen-bond acceptors (Lipinski definition) is 3. The lowest BCUT2D eigenvalue weighted by atomic mass is 9.86. The third kappa shape index (κ3) is 3.09. The smallest absolute Gasteiger partial charge is 0.319 e. The van der Waals surface area contributed by atoms with Crippen molar-refractivity contribution in [3.8, 4) is 0 Å². The van der Waals surface area contributed by atoms with Gasteiger partial charge in [-0.05, 0) is 19.8 Å². The largest absolute Gasteiger partial charge is 0.481 e. The number of aliphatic carboxylic acids is 1. The van der Waals surface area contributed by atoms with E-state index < -0.39 is 17.4 Å². The maximum atomic E-state index is 11.8. The molecule has 1 aromatic heterocycles. The van der Waals surface area contributed by atoms with E-state index in [1.54, 1.807) is 17.1 Å². The van der Waals surface area contributed by atoms with Crippen LogP contribution in [0.3, 0.4) is 0 Å². The van der Waals surface area contributed by atoms with Crippen molar-refractivity contribution in [1.82, 2.24) is 15.1 Å². The molecule has 7 heteroatoms. The number of nitrogens with zero attached hydrogens (tertiary/aromatic N) is 2. The molecule has 1 aliphatic rings. The average Bonchev–Trinajstić information content (AvgIpc) is 3.05. The summed E-state index contributed by atoms with van der Waals surface area (Å²) in [6.07, 6.45) is 6.33. The first-order valence-electron chi connectivity index (χ1n) is 6.86. The van der Waals surface area contributed by atoms with Crippen molar-refractivity contribution in [2.45, 2.75) is 39.2 Å². The van der Waals surface area contributed by atoms with Gasteiger partial charge in [-0.15, -0.1) is 0 Å². The summed E-state index contributed by atoms with van der Waals surface area (Å²) in [4.78, 5) is 23.1. The quantitative estimate of drug-likeness (QED) is 0.764. The molecule has 0 spiro atoms. The Balaban J connectivity index is 1.86. The highest BCUT2D eigenvalue weighted by molar-refractivity contribution is 5.89. The molecule has 1 fully saturated rings. The number of aryl methyl sites for hydroxylation is 1. The highest BCUT2D eigenvalue weighted by Crippen LogP contribution is 2.37. The van der Waals surface area contributed by atoms with Gasteiger partial charge < -0.3 is 15.7 Å². The molecule has 1 aromatic rings. The summed E-state index contributed by atoms with van der Waals surface area (Å²) in [7, 11) is 0. The zero-order valence-electron chi connectivity index (χ0n) is 11.6. The van der Waals surface area contributed by atoms with E-state index in [4.69, 9.17) is 0 Å². The molecule has 0 radical (unpaired) electrons. The van der Waals surface area contributed by atoms with Gasteiger partial charge in [0.2, 0.25) is 0 Å². The van der Waals surface area contributed by atoms with E-state index in [2.05, 4.69) is 15.7 Å².